The molecule has 1 unspecified atom stereocenters. The van der Waals surface area contributed by atoms with Crippen molar-refractivity contribution in [1.29, 1.82) is 5.26 Å². The fourth-order valence-corrected chi connectivity index (χ4v) is 4.07. The smallest absolute Gasteiger partial charge is 0.290 e. The lowest BCUT2D eigenvalue weighted by Crippen LogP contribution is -2.39. The van der Waals surface area contributed by atoms with Crippen LogP contribution in [0.15, 0.2) is 32.9 Å². The molecule has 0 N–H and O–H groups in total. The number of amides is 1. The van der Waals surface area contributed by atoms with Crippen molar-refractivity contribution >= 4 is 29.6 Å². The summed E-state index contributed by atoms with van der Waals surface area (Å²) in [6, 6.07) is 2.09. The molecule has 0 aromatic carbocycles. The Labute approximate surface area is 139 Å². The molecule has 2 fully saturated rings. The van der Waals surface area contributed by atoms with Crippen LogP contribution in [0.2, 0.25) is 0 Å². The van der Waals surface area contributed by atoms with Crippen LogP contribution in [-0.4, -0.2) is 47.5 Å². The first-order chi connectivity index (χ1) is 11.2. The number of nitriles is 1. The molecule has 3 heterocycles. The van der Waals surface area contributed by atoms with E-state index in [9.17, 15) is 10.1 Å². The van der Waals surface area contributed by atoms with Crippen LogP contribution >= 0.6 is 11.8 Å². The van der Waals surface area contributed by atoms with E-state index in [0.29, 0.717) is 11.1 Å². The van der Waals surface area contributed by atoms with Crippen LogP contribution in [0, 0.1) is 16.7 Å². The van der Waals surface area contributed by atoms with E-state index >= 15 is 0 Å². The molecular formula is C17H18N4OS. The second kappa shape index (κ2) is 5.34. The van der Waals surface area contributed by atoms with E-state index in [1.807, 2.05) is 12.3 Å². The Kier molecular flexibility index (Phi) is 3.42. The molecule has 1 saturated carbocycles. The van der Waals surface area contributed by atoms with Gasteiger partial charge < -0.3 is 4.90 Å². The lowest BCUT2D eigenvalue weighted by Gasteiger charge is -2.38. The van der Waals surface area contributed by atoms with Crippen LogP contribution in [0.3, 0.4) is 0 Å². The molecule has 4 aliphatic rings. The Morgan fingerprint density at radius 3 is 2.70 bits per heavy atom. The van der Waals surface area contributed by atoms with E-state index in [1.165, 1.54) is 12.8 Å². The van der Waals surface area contributed by atoms with E-state index < -0.39 is 5.91 Å². The van der Waals surface area contributed by atoms with E-state index in [2.05, 4.69) is 21.0 Å². The fourth-order valence-electron chi connectivity index (χ4n) is 3.61. The molecule has 5 nitrogen and oxygen atoms in total. The fraction of sp³-hybridized carbons (Fsp3) is 0.529. The van der Waals surface area contributed by atoms with Gasteiger partial charge in [0.05, 0.1) is 11.4 Å². The first-order valence-corrected chi connectivity index (χ1v) is 9.25. The van der Waals surface area contributed by atoms with Crippen LogP contribution in [0.1, 0.15) is 25.7 Å². The Morgan fingerprint density at radius 1 is 1.35 bits per heavy atom. The molecule has 0 aromatic heterocycles. The summed E-state index contributed by atoms with van der Waals surface area (Å²) in [5.74, 6) is -0.435. The largest absolute Gasteiger partial charge is 0.370 e. The number of piperidine rings is 1. The van der Waals surface area contributed by atoms with Crippen molar-refractivity contribution in [3.63, 3.8) is 0 Å². The zero-order valence-corrected chi connectivity index (χ0v) is 13.9. The van der Waals surface area contributed by atoms with Crippen molar-refractivity contribution in [2.24, 2.45) is 15.4 Å². The summed E-state index contributed by atoms with van der Waals surface area (Å²) in [5.41, 5.74) is 3.03. The number of thioether (sulfide) groups is 1. The van der Waals surface area contributed by atoms with E-state index in [4.69, 9.17) is 0 Å². The number of likely N-dealkylation sites (tertiary alicyclic amines) is 1. The average Bonchev–Trinajstić information content (AvgIpc) is 3.33. The summed E-state index contributed by atoms with van der Waals surface area (Å²) >= 11 is 1.63. The molecule has 0 bridgehead atoms. The van der Waals surface area contributed by atoms with Gasteiger partial charge >= 0.3 is 0 Å². The van der Waals surface area contributed by atoms with Crippen LogP contribution < -0.4 is 0 Å². The second-order valence-electron chi connectivity index (χ2n) is 6.61. The number of rotatable bonds is 2. The van der Waals surface area contributed by atoms with Gasteiger partial charge in [0.15, 0.2) is 0 Å². The number of aliphatic imine (C=N–C) groups is 2. The van der Waals surface area contributed by atoms with Crippen molar-refractivity contribution in [2.75, 3.05) is 19.3 Å². The van der Waals surface area contributed by atoms with Gasteiger partial charge in [0.25, 0.3) is 5.91 Å². The van der Waals surface area contributed by atoms with Gasteiger partial charge in [0.2, 0.25) is 0 Å². The maximum atomic E-state index is 12.2. The molecule has 6 heteroatoms. The van der Waals surface area contributed by atoms with Gasteiger partial charge in [0, 0.05) is 24.9 Å². The first-order valence-electron chi connectivity index (χ1n) is 7.97. The molecule has 3 aliphatic heterocycles. The van der Waals surface area contributed by atoms with Gasteiger partial charge in [-0.25, -0.2) is 4.99 Å². The number of carbonyl (C=O) groups is 1. The highest BCUT2D eigenvalue weighted by Gasteiger charge is 2.45. The zero-order chi connectivity index (χ0) is 16.0. The second-order valence-corrected chi connectivity index (χ2v) is 7.56. The number of nitrogens with zero attached hydrogens (tertiary/aromatic N) is 4. The van der Waals surface area contributed by atoms with E-state index in [1.54, 1.807) is 18.0 Å². The molecule has 4 rings (SSSR count). The molecule has 0 radical (unpaired) electrons. The number of hydrogen-bond acceptors (Lipinski definition) is 5. The minimum atomic E-state index is -0.435. The Balaban J connectivity index is 1.72. The molecule has 118 valence electrons. The predicted octanol–water partition coefficient (Wildman–Crippen LogP) is 2.32. The minimum Gasteiger partial charge on any atom is -0.370 e. The van der Waals surface area contributed by atoms with E-state index in [-0.39, 0.29) is 10.9 Å². The maximum absolute atomic E-state index is 12.2. The molecule has 23 heavy (non-hydrogen) atoms. The van der Waals surface area contributed by atoms with Crippen LogP contribution in [0.5, 0.6) is 0 Å². The summed E-state index contributed by atoms with van der Waals surface area (Å²) in [4.78, 5) is 22.9. The molecule has 0 aromatic rings. The Bertz CT molecular complexity index is 726. The normalized spacial score (nSPS) is 28.3. The van der Waals surface area contributed by atoms with Crippen molar-refractivity contribution in [3.05, 3.63) is 22.9 Å². The van der Waals surface area contributed by atoms with Gasteiger partial charge in [-0.1, -0.05) is 0 Å². The van der Waals surface area contributed by atoms with Crippen molar-refractivity contribution < 1.29 is 4.79 Å². The predicted molar refractivity (Wildman–Crippen MR) is 91.4 cm³/mol. The third kappa shape index (κ3) is 2.43. The highest BCUT2D eigenvalue weighted by molar-refractivity contribution is 7.99. The van der Waals surface area contributed by atoms with Crippen molar-refractivity contribution in [2.45, 2.75) is 31.1 Å². The molecule has 1 atom stereocenters. The Morgan fingerprint density at radius 2 is 2.09 bits per heavy atom. The quantitative estimate of drug-likeness (QED) is 0.781. The number of dihydropyridines is 2. The topological polar surface area (TPSA) is 68.8 Å². The number of allylic oxidation sites excluding steroid dienone is 1. The first kappa shape index (κ1) is 14.7. The molecular weight excluding hydrogens is 308 g/mol. The molecule has 1 aliphatic carbocycles. The van der Waals surface area contributed by atoms with Gasteiger partial charge in [0.1, 0.15) is 17.0 Å². The SMILES string of the molecule is CSC1C=C2C(=NC(=O)C(C#N)=C2N2CCC3(CC2)CC3)C=N1. The van der Waals surface area contributed by atoms with Crippen molar-refractivity contribution in [1.82, 2.24) is 4.90 Å². The monoisotopic (exact) mass is 326 g/mol. The highest BCUT2D eigenvalue weighted by atomic mass is 32.2. The summed E-state index contributed by atoms with van der Waals surface area (Å²) in [7, 11) is 0. The van der Waals surface area contributed by atoms with Crippen LogP contribution in [0.25, 0.3) is 0 Å². The molecule has 1 saturated heterocycles. The van der Waals surface area contributed by atoms with Crippen LogP contribution in [-0.2, 0) is 4.79 Å². The van der Waals surface area contributed by atoms with Crippen molar-refractivity contribution in [3.8, 4) is 6.07 Å². The molecule has 1 amide bonds. The Hall–Kier alpha value is -1.87. The maximum Gasteiger partial charge on any atom is 0.290 e. The third-order valence-electron chi connectivity index (χ3n) is 5.31. The lowest BCUT2D eigenvalue weighted by atomic mass is 9.90. The lowest BCUT2D eigenvalue weighted by molar-refractivity contribution is -0.114. The standard InChI is InChI=1S/C17H18N4OS/c1-23-14-8-11-13(10-19-14)20-16(22)12(9-18)15(11)21-6-4-17(2-3-17)5-7-21/h8,10,14H,2-7H2,1H3. The minimum absolute atomic E-state index is 0.0201. The summed E-state index contributed by atoms with van der Waals surface area (Å²) in [6.45, 7) is 1.83. The highest BCUT2D eigenvalue weighted by Crippen LogP contribution is 2.54. The zero-order valence-electron chi connectivity index (χ0n) is 13.1. The van der Waals surface area contributed by atoms with Gasteiger partial charge in [-0.3, -0.25) is 9.79 Å². The summed E-state index contributed by atoms with van der Waals surface area (Å²) < 4.78 is 0. The summed E-state index contributed by atoms with van der Waals surface area (Å²) in [6.07, 6.45) is 10.7. The number of hydrogen-bond donors (Lipinski definition) is 0. The van der Waals surface area contributed by atoms with Gasteiger partial charge in [-0.2, -0.15) is 5.26 Å². The van der Waals surface area contributed by atoms with Gasteiger partial charge in [-0.05, 0) is 43.4 Å². The van der Waals surface area contributed by atoms with E-state index in [0.717, 1.165) is 37.2 Å². The third-order valence-corrected chi connectivity index (χ3v) is 6.05. The summed E-state index contributed by atoms with van der Waals surface area (Å²) in [5, 5.41) is 9.52. The average molecular weight is 326 g/mol. The van der Waals surface area contributed by atoms with Crippen LogP contribution in [0.4, 0.5) is 0 Å². The van der Waals surface area contributed by atoms with Gasteiger partial charge in [-0.15, -0.1) is 11.8 Å². The number of fused-ring (bicyclic) bond motifs is 1. The number of carbonyl (C=O) groups excluding carboxylic acids is 1. The molecule has 1 spiro atoms.